The van der Waals surface area contributed by atoms with Gasteiger partial charge in [-0.2, -0.15) is 6.20 Å². The Bertz CT molecular complexity index is 847. The molecular weight excluding hydrogens is 556 g/mol. The van der Waals surface area contributed by atoms with Gasteiger partial charge in [-0.1, -0.05) is 31.5 Å². The summed E-state index contributed by atoms with van der Waals surface area (Å²) >= 11 is 1.47. The number of rotatable bonds is 7. The van der Waals surface area contributed by atoms with E-state index >= 15 is 0 Å². The summed E-state index contributed by atoms with van der Waals surface area (Å²) < 4.78 is 0. The molecule has 6 nitrogen and oxygen atoms in total. The Balaban J connectivity index is 0.00000127. The second-order valence-corrected chi connectivity index (χ2v) is 5.69. The average molecular weight is 578 g/mol. The van der Waals surface area contributed by atoms with Gasteiger partial charge < -0.3 is 17.7 Å². The zero-order valence-corrected chi connectivity index (χ0v) is 18.8. The predicted octanol–water partition coefficient (Wildman–Crippen LogP) is 5.30. The zero-order chi connectivity index (χ0) is 19.6. The molecule has 0 bridgehead atoms. The second-order valence-electron chi connectivity index (χ2n) is 5.69. The van der Waals surface area contributed by atoms with Gasteiger partial charge in [0.05, 0.1) is 10.6 Å². The maximum atomic E-state index is 11.5. The van der Waals surface area contributed by atoms with Crippen molar-refractivity contribution in [1.29, 1.82) is 0 Å². The van der Waals surface area contributed by atoms with Crippen LogP contribution in [0.4, 0.5) is 11.4 Å². The number of nitro benzene ring substituents is 1. The van der Waals surface area contributed by atoms with Gasteiger partial charge in [-0.05, 0) is 35.8 Å². The Kier molecular flexibility index (Phi) is 10.5. The molecule has 1 aromatic heterocycles. The van der Waals surface area contributed by atoms with Gasteiger partial charge in [-0.3, -0.25) is 15.1 Å². The molecule has 0 saturated heterocycles. The van der Waals surface area contributed by atoms with Crippen LogP contribution >= 0.6 is 9.58 Å². The number of hydrogen-bond acceptors (Lipinski definition) is 4. The number of halogens is 1. The summed E-state index contributed by atoms with van der Waals surface area (Å²) in [4.78, 5) is 19.9. The Morgan fingerprint density at radius 2 is 2.14 bits per heavy atom. The van der Waals surface area contributed by atoms with Crippen molar-refractivity contribution >= 4 is 32.7 Å². The van der Waals surface area contributed by atoms with Gasteiger partial charge in [0, 0.05) is 18.8 Å². The molecule has 0 amide bonds. The number of hydrogen-bond donors (Lipinski definition) is 1. The fourth-order valence-electron chi connectivity index (χ4n) is 2.71. The first-order valence-electron chi connectivity index (χ1n) is 8.39. The number of aromatic nitrogens is 1. The number of nitro groups is 1. The molecule has 0 radical (unpaired) electrons. The van der Waals surface area contributed by atoms with E-state index < -0.39 is 0 Å². The number of aliphatic imine (C=N–C) groups is 1. The SMILES string of the molecule is CCCCNc1ccc(/C(=C2\C=CC=N2)c2ccc[n-]2)cc1[N+](=O)[O-].[CH3-].[Cl][Ir+2]. The Morgan fingerprint density at radius 3 is 2.71 bits per heavy atom. The predicted molar refractivity (Wildman–Crippen MR) is 112 cm³/mol. The zero-order valence-electron chi connectivity index (χ0n) is 15.7. The molecule has 1 N–H and O–H groups in total. The Morgan fingerprint density at radius 1 is 1.36 bits per heavy atom. The molecule has 150 valence electrons. The van der Waals surface area contributed by atoms with Crippen LogP contribution in [0, 0.1) is 17.5 Å². The minimum atomic E-state index is -0.355. The van der Waals surface area contributed by atoms with Crippen molar-refractivity contribution in [2.75, 3.05) is 11.9 Å². The van der Waals surface area contributed by atoms with Crippen LogP contribution in [0.5, 0.6) is 0 Å². The summed E-state index contributed by atoms with van der Waals surface area (Å²) in [6, 6.07) is 8.94. The monoisotopic (exact) mass is 578 g/mol. The van der Waals surface area contributed by atoms with Gasteiger partial charge >= 0.3 is 27.5 Å². The molecule has 1 aromatic carbocycles. The molecule has 2 aromatic rings. The van der Waals surface area contributed by atoms with E-state index in [0.29, 0.717) is 12.2 Å². The summed E-state index contributed by atoms with van der Waals surface area (Å²) in [7, 11) is 4.64. The fraction of sp³-hybridized carbons (Fsp3) is 0.200. The van der Waals surface area contributed by atoms with E-state index in [0.717, 1.165) is 35.4 Å². The quantitative estimate of drug-likeness (QED) is 0.209. The summed E-state index contributed by atoms with van der Waals surface area (Å²) in [5.74, 6) is 0. The second kappa shape index (κ2) is 12.3. The van der Waals surface area contributed by atoms with Gasteiger partial charge in [0.25, 0.3) is 5.69 Å². The molecule has 8 heteroatoms. The number of nitrogens with one attached hydrogen (secondary N) is 1. The van der Waals surface area contributed by atoms with Gasteiger partial charge in [0.2, 0.25) is 0 Å². The molecule has 3 rings (SSSR count). The molecule has 0 atom stereocenters. The molecular formula is C20H22ClIrN4O2. The van der Waals surface area contributed by atoms with Crippen molar-refractivity contribution < 1.29 is 22.8 Å². The van der Waals surface area contributed by atoms with Gasteiger partial charge in [-0.15, -0.1) is 5.69 Å². The van der Waals surface area contributed by atoms with E-state index in [4.69, 9.17) is 0 Å². The molecule has 0 saturated carbocycles. The minimum absolute atomic E-state index is 0. The van der Waals surface area contributed by atoms with Crippen molar-refractivity contribution in [3.8, 4) is 0 Å². The number of benzene rings is 1. The van der Waals surface area contributed by atoms with Gasteiger partial charge in [0.15, 0.2) is 0 Å². The van der Waals surface area contributed by atoms with E-state index in [1.807, 2.05) is 30.4 Å². The van der Waals surface area contributed by atoms with Crippen molar-refractivity contribution in [2.24, 2.45) is 4.99 Å². The number of anilines is 1. The molecule has 0 fully saturated rings. The van der Waals surface area contributed by atoms with Crippen LogP contribution in [0.3, 0.4) is 0 Å². The van der Waals surface area contributed by atoms with Crippen molar-refractivity contribution in [3.63, 3.8) is 0 Å². The summed E-state index contributed by atoms with van der Waals surface area (Å²) in [5.41, 5.74) is 3.61. The maximum absolute atomic E-state index is 11.5. The van der Waals surface area contributed by atoms with Crippen LogP contribution in [-0.2, 0) is 17.9 Å². The van der Waals surface area contributed by atoms with Crippen LogP contribution in [0.2, 0.25) is 0 Å². The van der Waals surface area contributed by atoms with Crippen molar-refractivity contribution in [1.82, 2.24) is 4.98 Å². The van der Waals surface area contributed by atoms with E-state index in [-0.39, 0.29) is 18.0 Å². The van der Waals surface area contributed by atoms with Crippen LogP contribution in [0.15, 0.2) is 59.4 Å². The Hall–Kier alpha value is -2.21. The number of allylic oxidation sites excluding steroid dienone is 2. The third kappa shape index (κ3) is 5.89. The van der Waals surface area contributed by atoms with Crippen LogP contribution in [0.25, 0.3) is 5.57 Å². The normalized spacial score (nSPS) is 13.4. The van der Waals surface area contributed by atoms with Crippen molar-refractivity contribution in [3.05, 3.63) is 83.2 Å². The number of unbranched alkanes of at least 4 members (excludes halogenated alkanes) is 1. The van der Waals surface area contributed by atoms with E-state index in [2.05, 4.69) is 31.8 Å². The topological polar surface area (TPSA) is 81.6 Å². The summed E-state index contributed by atoms with van der Waals surface area (Å²) in [5, 5.41) is 14.7. The standard InChI is InChI=1S/C19H19N4O2.CH3.ClH.Ir/c1-2-3-10-20-15-9-8-14(13-18(15)23(24)25)19(16-6-4-11-21-16)17-7-5-12-22-17;;;/h4-9,11-13,20H,2-3,10H2,1H3;1H3;1H;/q2*-1;;+3/p-1/b19-16-;;;. The molecule has 0 aliphatic carbocycles. The van der Waals surface area contributed by atoms with Crippen LogP contribution in [0.1, 0.15) is 31.0 Å². The van der Waals surface area contributed by atoms with E-state index in [1.165, 1.54) is 17.9 Å². The Labute approximate surface area is 180 Å². The summed E-state index contributed by atoms with van der Waals surface area (Å²) in [6.07, 6.45) is 9.12. The first-order chi connectivity index (χ1) is 13.2. The van der Waals surface area contributed by atoms with E-state index in [1.54, 1.807) is 24.5 Å². The molecule has 2 heterocycles. The van der Waals surface area contributed by atoms with Crippen LogP contribution in [-0.4, -0.2) is 17.7 Å². The number of nitrogens with zero attached hydrogens (tertiary/aromatic N) is 3. The molecule has 0 spiro atoms. The van der Waals surface area contributed by atoms with Gasteiger partial charge in [-0.25, -0.2) is 0 Å². The van der Waals surface area contributed by atoms with Crippen LogP contribution < -0.4 is 10.3 Å². The first kappa shape index (κ1) is 23.8. The van der Waals surface area contributed by atoms with E-state index in [9.17, 15) is 10.1 Å². The molecule has 0 unspecified atom stereocenters. The van der Waals surface area contributed by atoms with Crippen molar-refractivity contribution in [2.45, 2.75) is 19.8 Å². The first-order valence-corrected chi connectivity index (χ1v) is 11.4. The third-order valence-corrected chi connectivity index (χ3v) is 3.95. The van der Waals surface area contributed by atoms with Gasteiger partial charge in [0.1, 0.15) is 5.69 Å². The third-order valence-electron chi connectivity index (χ3n) is 3.95. The molecule has 1 aliphatic heterocycles. The fourth-order valence-corrected chi connectivity index (χ4v) is 2.71. The summed E-state index contributed by atoms with van der Waals surface area (Å²) in [6.45, 7) is 2.79. The molecule has 28 heavy (non-hydrogen) atoms. The average Bonchev–Trinajstić information content (AvgIpc) is 3.39. The molecule has 1 aliphatic rings.